The van der Waals surface area contributed by atoms with Crippen LogP contribution in [0.25, 0.3) is 10.8 Å². The lowest BCUT2D eigenvalue weighted by Gasteiger charge is -2.07. The number of carbonyl (C=O) groups is 1. The van der Waals surface area contributed by atoms with Gasteiger partial charge < -0.3 is 15.3 Å². The second-order valence-electron chi connectivity index (χ2n) is 5.72. The van der Waals surface area contributed by atoms with E-state index >= 15 is 0 Å². The third kappa shape index (κ3) is 5.21. The summed E-state index contributed by atoms with van der Waals surface area (Å²) in [6.45, 7) is -0.300. The van der Waals surface area contributed by atoms with Gasteiger partial charge in [0.15, 0.2) is 6.61 Å². The second kappa shape index (κ2) is 8.88. The summed E-state index contributed by atoms with van der Waals surface area (Å²) in [5.41, 5.74) is 6.91. The van der Waals surface area contributed by atoms with E-state index in [1.54, 1.807) is 18.2 Å². The maximum absolute atomic E-state index is 11.8. The minimum atomic E-state index is -0.655. The minimum absolute atomic E-state index is 0.201. The zero-order chi connectivity index (χ0) is 19.2. The fourth-order valence-corrected chi connectivity index (χ4v) is 3.34. The van der Waals surface area contributed by atoms with Gasteiger partial charge in [0.25, 0.3) is 0 Å². The number of hydrogen-bond acceptors (Lipinski definition) is 4. The van der Waals surface area contributed by atoms with Crippen molar-refractivity contribution >= 4 is 50.1 Å². The highest BCUT2D eigenvalue weighted by Gasteiger charge is 2.09. The third-order valence-electron chi connectivity index (χ3n) is 3.76. The maximum atomic E-state index is 11.8. The number of rotatable bonds is 6. The van der Waals surface area contributed by atoms with Gasteiger partial charge in [0.1, 0.15) is 11.6 Å². The van der Waals surface area contributed by atoms with Gasteiger partial charge in [-0.25, -0.2) is 4.79 Å². The molecule has 0 aromatic heterocycles. The molecule has 0 saturated heterocycles. The first-order valence-corrected chi connectivity index (χ1v) is 9.26. The minimum Gasteiger partial charge on any atom is -0.481 e. The molecule has 27 heavy (non-hydrogen) atoms. The molecule has 0 radical (unpaired) electrons. The lowest BCUT2D eigenvalue weighted by Crippen LogP contribution is -2.19. The Labute approximate surface area is 169 Å². The van der Waals surface area contributed by atoms with Gasteiger partial charge in [-0.05, 0) is 50.5 Å². The molecular weight excluding hydrogens is 432 g/mol. The number of benzene rings is 3. The monoisotopic (exact) mass is 446 g/mol. The summed E-state index contributed by atoms with van der Waals surface area (Å²) in [6, 6.07) is 18.9. The zero-order valence-electron chi connectivity index (χ0n) is 14.2. The number of hydrogen-bond donors (Lipinski definition) is 1. The summed E-state index contributed by atoms with van der Waals surface area (Å²) < 4.78 is 6.01. The smallest absolute Gasteiger partial charge is 0.372 e. The summed E-state index contributed by atoms with van der Waals surface area (Å²) in [5.74, 6) is 0.0224. The normalized spacial score (nSPS) is 11.4. The van der Waals surface area contributed by atoms with Crippen LogP contribution < -0.4 is 10.5 Å². The zero-order valence-corrected chi connectivity index (χ0v) is 16.5. The molecule has 3 aromatic carbocycles. The SMILES string of the molecule is NC(Cc1cccc2ccccc12)=NOC(=O)COc1ccc(Cl)cc1Br. The van der Waals surface area contributed by atoms with Crippen LogP contribution in [0.4, 0.5) is 0 Å². The van der Waals surface area contributed by atoms with Gasteiger partial charge in [-0.15, -0.1) is 0 Å². The van der Waals surface area contributed by atoms with Crippen LogP contribution in [0.3, 0.4) is 0 Å². The highest BCUT2D eigenvalue weighted by Crippen LogP contribution is 2.27. The first kappa shape index (κ1) is 19.2. The summed E-state index contributed by atoms with van der Waals surface area (Å²) in [7, 11) is 0. The van der Waals surface area contributed by atoms with Crippen LogP contribution in [0.1, 0.15) is 5.56 Å². The molecule has 0 fully saturated rings. The molecule has 138 valence electrons. The number of ether oxygens (including phenoxy) is 1. The van der Waals surface area contributed by atoms with E-state index in [-0.39, 0.29) is 12.4 Å². The predicted octanol–water partition coefficient (Wildman–Crippen LogP) is 4.69. The maximum Gasteiger partial charge on any atom is 0.372 e. The van der Waals surface area contributed by atoms with Crippen LogP contribution in [0.15, 0.2) is 70.3 Å². The van der Waals surface area contributed by atoms with Gasteiger partial charge in [-0.1, -0.05) is 59.2 Å². The molecule has 0 aliphatic carbocycles. The van der Waals surface area contributed by atoms with Crippen molar-refractivity contribution in [3.8, 4) is 5.75 Å². The Hall–Kier alpha value is -2.57. The van der Waals surface area contributed by atoms with E-state index in [1.165, 1.54) is 0 Å². The Morgan fingerprint density at radius 3 is 2.70 bits per heavy atom. The first-order valence-electron chi connectivity index (χ1n) is 8.09. The second-order valence-corrected chi connectivity index (χ2v) is 7.02. The molecule has 3 aromatic rings. The highest BCUT2D eigenvalue weighted by atomic mass is 79.9. The molecule has 0 atom stereocenters. The number of halogens is 2. The average Bonchev–Trinajstić information content (AvgIpc) is 2.66. The molecule has 3 rings (SSSR count). The van der Waals surface area contributed by atoms with E-state index in [1.807, 2.05) is 42.5 Å². The number of fused-ring (bicyclic) bond motifs is 1. The molecule has 7 heteroatoms. The van der Waals surface area contributed by atoms with Crippen molar-refractivity contribution in [3.63, 3.8) is 0 Å². The van der Waals surface area contributed by atoms with Gasteiger partial charge >= 0.3 is 5.97 Å². The molecule has 0 aliphatic heterocycles. The summed E-state index contributed by atoms with van der Waals surface area (Å²) >= 11 is 9.17. The number of carbonyl (C=O) groups excluding carboxylic acids is 1. The molecule has 0 aliphatic rings. The molecule has 0 spiro atoms. The van der Waals surface area contributed by atoms with Crippen molar-refractivity contribution in [1.29, 1.82) is 0 Å². The van der Waals surface area contributed by atoms with E-state index in [9.17, 15) is 4.79 Å². The van der Waals surface area contributed by atoms with Crippen LogP contribution in [0.2, 0.25) is 5.02 Å². The fourth-order valence-electron chi connectivity index (χ4n) is 2.54. The Bertz CT molecular complexity index is 1000. The van der Waals surface area contributed by atoms with Crippen LogP contribution in [0, 0.1) is 0 Å². The Balaban J connectivity index is 1.57. The van der Waals surface area contributed by atoms with Crippen molar-refractivity contribution < 1.29 is 14.4 Å². The Morgan fingerprint density at radius 1 is 1.11 bits per heavy atom. The summed E-state index contributed by atoms with van der Waals surface area (Å²) in [6.07, 6.45) is 0.373. The fraction of sp³-hybridized carbons (Fsp3) is 0.100. The molecule has 0 heterocycles. The van der Waals surface area contributed by atoms with Gasteiger partial charge in [0.05, 0.1) is 4.47 Å². The first-order chi connectivity index (χ1) is 13.0. The largest absolute Gasteiger partial charge is 0.481 e. The number of nitrogens with two attached hydrogens (primary N) is 1. The van der Waals surface area contributed by atoms with Crippen LogP contribution in [-0.4, -0.2) is 18.4 Å². The molecule has 2 N–H and O–H groups in total. The van der Waals surface area contributed by atoms with Crippen molar-refractivity contribution in [2.75, 3.05) is 6.61 Å². The standard InChI is InChI=1S/C20H16BrClN2O3/c21-17-11-15(22)8-9-18(17)26-12-20(25)27-24-19(23)10-14-6-3-5-13-4-1-2-7-16(13)14/h1-9,11H,10,12H2,(H2,23,24). The van der Waals surface area contributed by atoms with E-state index < -0.39 is 5.97 Å². The molecule has 0 bridgehead atoms. The van der Waals surface area contributed by atoms with Gasteiger partial charge in [-0.3, -0.25) is 0 Å². The van der Waals surface area contributed by atoms with Gasteiger partial charge in [0, 0.05) is 11.4 Å². The Kier molecular flexibility index (Phi) is 6.32. The number of nitrogens with zero attached hydrogens (tertiary/aromatic N) is 1. The van der Waals surface area contributed by atoms with Crippen molar-refractivity contribution in [1.82, 2.24) is 0 Å². The Morgan fingerprint density at radius 2 is 1.89 bits per heavy atom. The summed E-state index contributed by atoms with van der Waals surface area (Å²) in [5, 5.41) is 6.46. The van der Waals surface area contributed by atoms with Gasteiger partial charge in [0.2, 0.25) is 0 Å². The quantitative estimate of drug-likeness (QED) is 0.257. The molecule has 0 unspecified atom stereocenters. The molecule has 0 saturated carbocycles. The van der Waals surface area contributed by atoms with Crippen LogP contribution >= 0.6 is 27.5 Å². The van der Waals surface area contributed by atoms with Crippen molar-refractivity contribution in [3.05, 3.63) is 75.7 Å². The molecule has 0 amide bonds. The number of amidine groups is 1. The topological polar surface area (TPSA) is 73.9 Å². The predicted molar refractivity (Wildman–Crippen MR) is 110 cm³/mol. The third-order valence-corrected chi connectivity index (χ3v) is 4.61. The van der Waals surface area contributed by atoms with Crippen molar-refractivity contribution in [2.45, 2.75) is 6.42 Å². The number of oxime groups is 1. The van der Waals surface area contributed by atoms with Crippen LogP contribution in [-0.2, 0) is 16.1 Å². The van der Waals surface area contributed by atoms with Crippen molar-refractivity contribution in [2.24, 2.45) is 10.9 Å². The molecular formula is C20H16BrClN2O3. The van der Waals surface area contributed by atoms with E-state index in [0.29, 0.717) is 21.7 Å². The average molecular weight is 448 g/mol. The van der Waals surface area contributed by atoms with E-state index in [4.69, 9.17) is 26.9 Å². The van der Waals surface area contributed by atoms with E-state index in [2.05, 4.69) is 21.1 Å². The van der Waals surface area contributed by atoms with E-state index in [0.717, 1.165) is 16.3 Å². The lowest BCUT2D eigenvalue weighted by molar-refractivity contribution is -0.146. The lowest BCUT2D eigenvalue weighted by atomic mass is 10.0. The van der Waals surface area contributed by atoms with Crippen LogP contribution in [0.5, 0.6) is 5.75 Å². The molecule has 5 nitrogen and oxygen atoms in total. The van der Waals surface area contributed by atoms with Gasteiger partial charge in [-0.2, -0.15) is 0 Å². The highest BCUT2D eigenvalue weighted by molar-refractivity contribution is 9.10. The summed E-state index contributed by atoms with van der Waals surface area (Å²) in [4.78, 5) is 16.6.